The number of aromatic nitrogens is 4. The minimum absolute atomic E-state index is 0.0302. The van der Waals surface area contributed by atoms with E-state index in [9.17, 15) is 19.2 Å². The molecular weight excluding hydrogens is 1190 g/mol. The number of benzene rings is 4. The molecule has 6 aromatic rings. The first-order valence-corrected chi connectivity index (χ1v) is 34.8. The predicted molar refractivity (Wildman–Crippen MR) is 321 cm³/mol. The van der Waals surface area contributed by atoms with Gasteiger partial charge in [0.1, 0.15) is 53.5 Å². The molecule has 2 unspecified atom stereocenters. The van der Waals surface area contributed by atoms with E-state index in [0.29, 0.717) is 40.4 Å². The lowest BCUT2D eigenvalue weighted by Gasteiger charge is -2.33. The van der Waals surface area contributed by atoms with Crippen molar-refractivity contribution in [2.24, 2.45) is 0 Å². The Morgan fingerprint density at radius 2 is 1.29 bits per heavy atom. The number of carbonyl (C=O) groups excluding carboxylic acids is 4. The molecule has 456 valence electrons. The van der Waals surface area contributed by atoms with Gasteiger partial charge in [-0.2, -0.15) is 0 Å². The van der Waals surface area contributed by atoms with Gasteiger partial charge in [-0.05, 0) is 114 Å². The number of carbonyl (C=O) groups is 4. The maximum absolute atomic E-state index is 15.5. The molecule has 1 amide bonds. The lowest BCUT2D eigenvalue weighted by Crippen LogP contribution is -2.45. The summed E-state index contributed by atoms with van der Waals surface area (Å²) in [5, 5.41) is 0. The van der Waals surface area contributed by atoms with Gasteiger partial charge in [-0.25, -0.2) is 33.7 Å². The quantitative estimate of drug-likeness (QED) is 0.0205. The van der Waals surface area contributed by atoms with Crippen molar-refractivity contribution in [3.8, 4) is 17.2 Å². The van der Waals surface area contributed by atoms with E-state index in [1.54, 1.807) is 89.5 Å². The van der Waals surface area contributed by atoms with Crippen molar-refractivity contribution in [3.63, 3.8) is 0 Å². The summed E-state index contributed by atoms with van der Waals surface area (Å²) in [6, 6.07) is 27.1. The molecule has 0 saturated carbocycles. The van der Waals surface area contributed by atoms with Gasteiger partial charge in [0.15, 0.2) is 29.7 Å². The molecule has 0 spiro atoms. The Morgan fingerprint density at radius 1 is 0.698 bits per heavy atom. The fourth-order valence-electron chi connectivity index (χ4n) is 10.0. The van der Waals surface area contributed by atoms with Gasteiger partial charge in [0.2, 0.25) is 5.91 Å². The summed E-state index contributed by atoms with van der Waals surface area (Å²) in [7, 11) is 1.42. The molecule has 2 aromatic heterocycles. The van der Waals surface area contributed by atoms with E-state index in [1.807, 2.05) is 19.1 Å². The van der Waals surface area contributed by atoms with E-state index in [4.69, 9.17) is 52.2 Å². The third-order valence-corrected chi connectivity index (χ3v) is 22.0. The number of hydrogen-bond acceptors (Lipinski definition) is 22. The van der Waals surface area contributed by atoms with Gasteiger partial charge in [-0.1, -0.05) is 93.8 Å². The number of imidazole rings is 1. The average molecular weight is 1260 g/mol. The van der Waals surface area contributed by atoms with Gasteiger partial charge in [-0.15, -0.1) is 0 Å². The molecular formula is C60H68N6O16P2S2. The maximum atomic E-state index is 15.5. The van der Waals surface area contributed by atoms with Crippen LogP contribution in [0.4, 0.5) is 5.82 Å². The zero-order valence-electron chi connectivity index (χ0n) is 47.8. The van der Waals surface area contributed by atoms with Crippen molar-refractivity contribution in [2.45, 2.75) is 133 Å². The topological polar surface area (TPSA) is 268 Å². The van der Waals surface area contributed by atoms with Gasteiger partial charge in [0, 0.05) is 31.2 Å². The number of nitrogens with zero attached hydrogens (tertiary/aromatic N) is 5. The van der Waals surface area contributed by atoms with Crippen LogP contribution in [0.5, 0.6) is 17.2 Å². The van der Waals surface area contributed by atoms with Crippen LogP contribution in [0.1, 0.15) is 115 Å². The van der Waals surface area contributed by atoms with Crippen LogP contribution in [-0.4, -0.2) is 112 Å². The highest BCUT2D eigenvalue weighted by Gasteiger charge is 2.53. The Hall–Kier alpha value is -6.27. The largest absolute Gasteiger partial charge is 0.494 e. The number of ether oxygens (including phenoxy) is 6. The van der Waals surface area contributed by atoms with Crippen LogP contribution in [0.25, 0.3) is 11.2 Å². The normalized spacial score (nSPS) is 25.1. The second kappa shape index (κ2) is 29.2. The Kier molecular flexibility index (Phi) is 21.3. The number of anilines is 1. The molecule has 6 heterocycles. The number of ketones is 1. The molecule has 4 aliphatic rings. The van der Waals surface area contributed by atoms with Crippen molar-refractivity contribution in [1.29, 1.82) is 0 Å². The van der Waals surface area contributed by atoms with Crippen molar-refractivity contribution >= 4 is 77.0 Å². The molecule has 0 radical (unpaired) electrons. The number of methoxy groups -OCH3 is 1. The molecule has 3 saturated heterocycles. The maximum Gasteiger partial charge on any atom is 0.389 e. The fourth-order valence-corrected chi connectivity index (χ4v) is 16.8. The zero-order chi connectivity index (χ0) is 60.2. The Labute approximate surface area is 506 Å². The standard InChI is InChI=1S/C60H68N6O16P2S2/c1-4-5-6-7-8-9-10-11-30-74-45-26-20-43(21-27-45)60(70)79-47-22-14-40(15-23-47)35-85-83(71)76-34-50-53(54(73-3)58(80-50)66-38-64-52-55(61)62-37-63-56(52)66)82-84(72,75-33-48-32-49(81-83)57(77-48)65-29-28-44(67)31-51(65)68)86-36-41-16-24-46(25-17-41)78-59(69)42-18-12-39(2)13-19-42/h12-29,37-38,48-50,53-54,57-58H,4-11,30-36H2,1-3H3,(H2,61,62,63)/t48-,49+,50+,53+,54+,57+,58+,83?,84?/m0/s1. The number of unbranched alkanes of at least 4 members (excludes halogenated alkanes) is 7. The van der Waals surface area contributed by atoms with Gasteiger partial charge in [-0.3, -0.25) is 37.2 Å². The second-order valence-corrected chi connectivity index (χ2v) is 29.1. The highest BCUT2D eigenvalue weighted by atomic mass is 32.7. The van der Waals surface area contributed by atoms with E-state index in [0.717, 1.165) is 41.2 Å². The van der Waals surface area contributed by atoms with E-state index in [1.165, 1.54) is 75.5 Å². The number of hydrogen-bond donors (Lipinski definition) is 1. The molecule has 22 nitrogen and oxygen atoms in total. The number of nitrogens with two attached hydrogens (primary N) is 1. The minimum Gasteiger partial charge on any atom is -0.494 e. The third kappa shape index (κ3) is 16.1. The molecule has 2 N–H and O–H groups in total. The van der Waals surface area contributed by atoms with Crippen LogP contribution >= 0.6 is 36.4 Å². The monoisotopic (exact) mass is 1250 g/mol. The van der Waals surface area contributed by atoms with E-state index >= 15 is 9.13 Å². The smallest absolute Gasteiger partial charge is 0.389 e. The molecule has 10 rings (SSSR count). The number of fused-ring (bicyclic) bond motifs is 4. The van der Waals surface area contributed by atoms with Crippen molar-refractivity contribution in [3.05, 3.63) is 150 Å². The van der Waals surface area contributed by atoms with Gasteiger partial charge in [0.25, 0.3) is 0 Å². The van der Waals surface area contributed by atoms with Crippen LogP contribution in [-0.2, 0) is 62.5 Å². The van der Waals surface area contributed by atoms with Crippen molar-refractivity contribution in [2.75, 3.05) is 32.7 Å². The summed E-state index contributed by atoms with van der Waals surface area (Å²) in [6.07, 6.45) is 6.47. The lowest BCUT2D eigenvalue weighted by atomic mass is 10.1. The summed E-state index contributed by atoms with van der Waals surface area (Å²) < 4.78 is 95.0. The second-order valence-electron chi connectivity index (χ2n) is 21.0. The molecule has 2 bridgehead atoms. The number of esters is 2. The summed E-state index contributed by atoms with van der Waals surface area (Å²) in [5.74, 6) is -0.628. The Bertz CT molecular complexity index is 3450. The Morgan fingerprint density at radius 3 is 1.92 bits per heavy atom. The van der Waals surface area contributed by atoms with Crippen molar-refractivity contribution < 1.29 is 74.8 Å². The van der Waals surface area contributed by atoms with E-state index < -0.39 is 93.2 Å². The molecule has 3 fully saturated rings. The number of amides is 1. The SMILES string of the molecule is CCCCCCCCCCOc1ccc(C(=O)Oc2ccc(CSP3(=O)OC[C@H]4O[C@@H](n5cnc6c(N)ncnc65)[C@H](OC)[C@@H]4OP(=O)(SCc4ccc(OC(=O)c5ccc(C)cc5)cc4)OC[C@@H]4C[C@@H](O3)[C@H](N3C=CC(=O)CC3=O)O4)cc2)cc1. The van der Waals surface area contributed by atoms with Gasteiger partial charge in [0.05, 0.1) is 49.8 Å². The highest BCUT2D eigenvalue weighted by Crippen LogP contribution is 2.67. The first-order valence-electron chi connectivity index (χ1n) is 28.5. The summed E-state index contributed by atoms with van der Waals surface area (Å²) in [4.78, 5) is 66.1. The summed E-state index contributed by atoms with van der Waals surface area (Å²) >= 11 is 1.71. The van der Waals surface area contributed by atoms with Crippen LogP contribution < -0.4 is 19.9 Å². The predicted octanol–water partition coefficient (Wildman–Crippen LogP) is 11.9. The number of nitrogen functional groups attached to an aromatic ring is 1. The molecule has 26 heteroatoms. The molecule has 4 aromatic carbocycles. The first-order chi connectivity index (χ1) is 41.6. The van der Waals surface area contributed by atoms with Gasteiger partial charge < -0.3 is 34.2 Å². The van der Waals surface area contributed by atoms with Crippen LogP contribution in [0.15, 0.2) is 122 Å². The third-order valence-electron chi connectivity index (χ3n) is 14.7. The van der Waals surface area contributed by atoms with Gasteiger partial charge >= 0.3 is 25.5 Å². The van der Waals surface area contributed by atoms with Crippen LogP contribution in [0, 0.1) is 6.92 Å². The number of aryl methyl sites for hydroxylation is 1. The molecule has 86 heavy (non-hydrogen) atoms. The lowest BCUT2D eigenvalue weighted by molar-refractivity contribution is -0.148. The van der Waals surface area contributed by atoms with Crippen molar-refractivity contribution in [1.82, 2.24) is 24.4 Å². The van der Waals surface area contributed by atoms with Crippen LogP contribution in [0.2, 0.25) is 0 Å². The number of allylic oxidation sites excluding steroid dienone is 1. The first kappa shape index (κ1) is 62.8. The zero-order valence-corrected chi connectivity index (χ0v) is 51.2. The average Bonchev–Trinajstić information content (AvgIpc) is 2.31. The summed E-state index contributed by atoms with van der Waals surface area (Å²) in [6.45, 7) is -4.88. The molecule has 9 atom stereocenters. The van der Waals surface area contributed by atoms with E-state index in [2.05, 4.69) is 21.9 Å². The fraction of sp³-hybridized carbons (Fsp3) is 0.417. The molecule has 4 aliphatic heterocycles. The minimum atomic E-state index is -4.40. The summed E-state index contributed by atoms with van der Waals surface area (Å²) in [5.41, 5.74) is 9.80. The van der Waals surface area contributed by atoms with Crippen LogP contribution in [0.3, 0.4) is 0 Å². The number of rotatable bonds is 23. The highest BCUT2D eigenvalue weighted by molar-refractivity contribution is 8.55. The Balaban J connectivity index is 0.865. The van der Waals surface area contributed by atoms with E-state index in [-0.39, 0.29) is 47.3 Å². The molecule has 0 aliphatic carbocycles.